The second kappa shape index (κ2) is 5.91. The van der Waals surface area contributed by atoms with Crippen molar-refractivity contribution in [3.05, 3.63) is 42.2 Å². The van der Waals surface area contributed by atoms with E-state index in [-0.39, 0.29) is 6.04 Å². The Bertz CT molecular complexity index is 505. The summed E-state index contributed by atoms with van der Waals surface area (Å²) in [6.45, 7) is 0.996. The molecule has 1 heterocycles. The van der Waals surface area contributed by atoms with Gasteiger partial charge in [-0.3, -0.25) is 16.3 Å². The Hall–Kier alpha value is -1.49. The Labute approximate surface area is 108 Å². The lowest BCUT2D eigenvalue weighted by Gasteiger charge is -2.20. The molecule has 0 fully saturated rings. The summed E-state index contributed by atoms with van der Waals surface area (Å²) in [4.78, 5) is 6.32. The summed E-state index contributed by atoms with van der Waals surface area (Å²) in [5.41, 5.74) is 4.15. The minimum Gasteiger partial charge on any atom is -0.309 e. The van der Waals surface area contributed by atoms with Crippen LogP contribution in [0.4, 0.5) is 0 Å². The minimum atomic E-state index is 0.165. The normalized spacial score (nSPS) is 13.1. The first-order valence-corrected chi connectivity index (χ1v) is 6.16. The maximum Gasteiger partial charge on any atom is 0.0478 e. The first-order chi connectivity index (χ1) is 8.72. The third kappa shape index (κ3) is 2.85. The van der Waals surface area contributed by atoms with Gasteiger partial charge in [-0.2, -0.15) is 0 Å². The molecule has 0 aliphatic heterocycles. The standard InChI is InChI=1S/C14H20N4/c1-18(2)9-7-14(17-15)13-5-3-4-11-10-16-8-6-12(11)13/h3-6,8,10,14,17H,7,9,15H2,1-2H3. The molecular weight excluding hydrogens is 224 g/mol. The molecule has 0 spiro atoms. The van der Waals surface area contributed by atoms with E-state index < -0.39 is 0 Å². The Morgan fingerprint density at radius 3 is 2.89 bits per heavy atom. The predicted octanol–water partition coefficient (Wildman–Crippen LogP) is 1.69. The lowest BCUT2D eigenvalue weighted by molar-refractivity contribution is 0.363. The number of fused-ring (bicyclic) bond motifs is 1. The van der Waals surface area contributed by atoms with Crippen molar-refractivity contribution in [2.75, 3.05) is 20.6 Å². The first kappa shape index (κ1) is 13.0. The van der Waals surface area contributed by atoms with Crippen LogP contribution in [0.15, 0.2) is 36.7 Å². The van der Waals surface area contributed by atoms with Crippen molar-refractivity contribution in [2.45, 2.75) is 12.5 Å². The predicted molar refractivity (Wildman–Crippen MR) is 75.0 cm³/mol. The molecule has 0 saturated heterocycles. The van der Waals surface area contributed by atoms with E-state index in [4.69, 9.17) is 5.84 Å². The van der Waals surface area contributed by atoms with Crippen molar-refractivity contribution in [3.63, 3.8) is 0 Å². The monoisotopic (exact) mass is 244 g/mol. The van der Waals surface area contributed by atoms with E-state index in [9.17, 15) is 0 Å². The van der Waals surface area contributed by atoms with Gasteiger partial charge in [0.15, 0.2) is 0 Å². The Morgan fingerprint density at radius 1 is 1.33 bits per heavy atom. The van der Waals surface area contributed by atoms with Crippen molar-refractivity contribution < 1.29 is 0 Å². The van der Waals surface area contributed by atoms with E-state index in [0.717, 1.165) is 18.4 Å². The zero-order valence-electron chi connectivity index (χ0n) is 10.9. The number of nitrogens with zero attached hydrogens (tertiary/aromatic N) is 2. The molecule has 96 valence electrons. The van der Waals surface area contributed by atoms with Crippen molar-refractivity contribution in [2.24, 2.45) is 5.84 Å². The van der Waals surface area contributed by atoms with Gasteiger partial charge in [-0.05, 0) is 44.1 Å². The van der Waals surface area contributed by atoms with Crippen LogP contribution in [0.2, 0.25) is 0 Å². The van der Waals surface area contributed by atoms with Crippen LogP contribution in [0.5, 0.6) is 0 Å². The zero-order chi connectivity index (χ0) is 13.0. The number of hydrazine groups is 1. The van der Waals surface area contributed by atoms with Crippen molar-refractivity contribution >= 4 is 10.8 Å². The fourth-order valence-corrected chi connectivity index (χ4v) is 2.17. The van der Waals surface area contributed by atoms with Crippen LogP contribution < -0.4 is 11.3 Å². The van der Waals surface area contributed by atoms with Crippen LogP contribution in [0.25, 0.3) is 10.8 Å². The van der Waals surface area contributed by atoms with Crippen LogP contribution >= 0.6 is 0 Å². The molecule has 4 nitrogen and oxygen atoms in total. The van der Waals surface area contributed by atoms with Gasteiger partial charge >= 0.3 is 0 Å². The molecule has 18 heavy (non-hydrogen) atoms. The van der Waals surface area contributed by atoms with Gasteiger partial charge in [0.2, 0.25) is 0 Å². The molecule has 1 aromatic heterocycles. The van der Waals surface area contributed by atoms with Crippen molar-refractivity contribution in [3.8, 4) is 0 Å². The van der Waals surface area contributed by atoms with E-state index in [1.165, 1.54) is 10.9 Å². The van der Waals surface area contributed by atoms with Gasteiger partial charge in [0, 0.05) is 23.8 Å². The third-order valence-corrected chi connectivity index (χ3v) is 3.16. The van der Waals surface area contributed by atoms with Gasteiger partial charge in [-0.25, -0.2) is 0 Å². The molecule has 3 N–H and O–H groups in total. The zero-order valence-corrected chi connectivity index (χ0v) is 10.9. The summed E-state index contributed by atoms with van der Waals surface area (Å²) in [7, 11) is 4.14. The van der Waals surface area contributed by atoms with E-state index in [0.29, 0.717) is 0 Å². The number of aromatic nitrogens is 1. The molecule has 1 aromatic carbocycles. The molecule has 1 atom stereocenters. The SMILES string of the molecule is CN(C)CCC(NN)c1cccc2cnccc12. The van der Waals surface area contributed by atoms with E-state index in [1.807, 2.05) is 18.5 Å². The quantitative estimate of drug-likeness (QED) is 0.621. The first-order valence-electron chi connectivity index (χ1n) is 6.16. The summed E-state index contributed by atoms with van der Waals surface area (Å²) in [5.74, 6) is 5.70. The maximum absolute atomic E-state index is 5.70. The molecule has 0 saturated carbocycles. The number of pyridine rings is 1. The highest BCUT2D eigenvalue weighted by atomic mass is 15.2. The summed E-state index contributed by atoms with van der Waals surface area (Å²) < 4.78 is 0. The largest absolute Gasteiger partial charge is 0.309 e. The second-order valence-corrected chi connectivity index (χ2v) is 4.76. The Kier molecular flexibility index (Phi) is 4.25. The fourth-order valence-electron chi connectivity index (χ4n) is 2.17. The van der Waals surface area contributed by atoms with Gasteiger partial charge in [-0.15, -0.1) is 0 Å². The van der Waals surface area contributed by atoms with Gasteiger partial charge in [-0.1, -0.05) is 18.2 Å². The summed E-state index contributed by atoms with van der Waals surface area (Å²) >= 11 is 0. The fraction of sp³-hybridized carbons (Fsp3) is 0.357. The van der Waals surface area contributed by atoms with E-state index >= 15 is 0 Å². The number of hydrogen-bond donors (Lipinski definition) is 2. The lowest BCUT2D eigenvalue weighted by Crippen LogP contribution is -2.30. The number of nitrogens with two attached hydrogens (primary N) is 1. The van der Waals surface area contributed by atoms with Crippen molar-refractivity contribution in [1.82, 2.24) is 15.3 Å². The molecule has 1 unspecified atom stereocenters. The number of nitrogens with one attached hydrogen (secondary N) is 1. The highest BCUT2D eigenvalue weighted by molar-refractivity contribution is 5.85. The highest BCUT2D eigenvalue weighted by Gasteiger charge is 2.12. The molecule has 0 bridgehead atoms. The van der Waals surface area contributed by atoms with Gasteiger partial charge < -0.3 is 4.90 Å². The maximum atomic E-state index is 5.70. The van der Waals surface area contributed by atoms with E-state index in [2.05, 4.69) is 47.6 Å². The smallest absolute Gasteiger partial charge is 0.0478 e. The third-order valence-electron chi connectivity index (χ3n) is 3.16. The number of benzene rings is 1. The molecule has 2 rings (SSSR count). The molecule has 0 radical (unpaired) electrons. The van der Waals surface area contributed by atoms with Crippen LogP contribution in [-0.4, -0.2) is 30.5 Å². The molecule has 0 aliphatic carbocycles. The van der Waals surface area contributed by atoms with Gasteiger partial charge in [0.05, 0.1) is 0 Å². The topological polar surface area (TPSA) is 54.2 Å². The Morgan fingerprint density at radius 2 is 2.17 bits per heavy atom. The summed E-state index contributed by atoms with van der Waals surface area (Å²) in [6.07, 6.45) is 4.69. The van der Waals surface area contributed by atoms with Crippen LogP contribution in [0.3, 0.4) is 0 Å². The highest BCUT2D eigenvalue weighted by Crippen LogP contribution is 2.25. The molecule has 4 heteroatoms. The average Bonchev–Trinajstić information content (AvgIpc) is 2.39. The lowest BCUT2D eigenvalue weighted by atomic mass is 9.98. The molecular formula is C14H20N4. The molecule has 0 amide bonds. The second-order valence-electron chi connectivity index (χ2n) is 4.76. The van der Waals surface area contributed by atoms with Crippen LogP contribution in [0.1, 0.15) is 18.0 Å². The molecule has 0 aliphatic rings. The summed E-state index contributed by atoms with van der Waals surface area (Å²) in [5, 5.41) is 2.37. The van der Waals surface area contributed by atoms with Gasteiger partial charge in [0.1, 0.15) is 0 Å². The number of rotatable bonds is 5. The minimum absolute atomic E-state index is 0.165. The van der Waals surface area contributed by atoms with Crippen molar-refractivity contribution in [1.29, 1.82) is 0 Å². The van der Waals surface area contributed by atoms with Crippen LogP contribution in [-0.2, 0) is 0 Å². The van der Waals surface area contributed by atoms with Gasteiger partial charge in [0.25, 0.3) is 0 Å². The number of hydrogen-bond acceptors (Lipinski definition) is 4. The average molecular weight is 244 g/mol. The Balaban J connectivity index is 2.32. The summed E-state index contributed by atoms with van der Waals surface area (Å²) in [6, 6.07) is 8.47. The molecule has 2 aromatic rings. The van der Waals surface area contributed by atoms with Crippen LogP contribution in [0, 0.1) is 0 Å². The van der Waals surface area contributed by atoms with E-state index in [1.54, 1.807) is 0 Å².